The molecule has 0 aliphatic carbocycles. The van der Waals surface area contributed by atoms with Gasteiger partial charge in [0, 0.05) is 0 Å². The van der Waals surface area contributed by atoms with Crippen molar-refractivity contribution < 1.29 is 14.3 Å². The Hall–Kier alpha value is -5.51. The third-order valence-corrected chi connectivity index (χ3v) is 7.26. The maximum atomic E-state index is 6.49. The van der Waals surface area contributed by atoms with Crippen LogP contribution in [-0.4, -0.2) is 42.7 Å². The van der Waals surface area contributed by atoms with Crippen LogP contribution < -0.4 is 9.47 Å². The van der Waals surface area contributed by atoms with E-state index in [1.54, 1.807) is 24.2 Å². The van der Waals surface area contributed by atoms with Gasteiger partial charge in [-0.2, -0.15) is 5.10 Å². The fraction of sp³-hybridized carbons (Fsp3) is 0.156. The van der Waals surface area contributed by atoms with Crippen molar-refractivity contribution >= 4 is 11.9 Å². The molecule has 0 radical (unpaired) electrons. The van der Waals surface area contributed by atoms with Crippen molar-refractivity contribution in [3.05, 3.63) is 125 Å². The van der Waals surface area contributed by atoms with Crippen molar-refractivity contribution in [3.63, 3.8) is 0 Å². The average molecular weight is 558 g/mol. The zero-order valence-electron chi connectivity index (χ0n) is 23.3. The Balaban J connectivity index is 1.27. The molecule has 0 bridgehead atoms. The minimum Gasteiger partial charge on any atom is -0.497 e. The fourth-order valence-electron chi connectivity index (χ4n) is 5.20. The monoisotopic (exact) mass is 557 g/mol. The van der Waals surface area contributed by atoms with Gasteiger partial charge in [0.2, 0.25) is 11.8 Å². The van der Waals surface area contributed by atoms with E-state index in [9.17, 15) is 0 Å². The summed E-state index contributed by atoms with van der Waals surface area (Å²) in [6.07, 6.45) is 3.24. The van der Waals surface area contributed by atoms with Crippen molar-refractivity contribution in [2.45, 2.75) is 26.4 Å². The predicted molar refractivity (Wildman–Crippen MR) is 157 cm³/mol. The van der Waals surface area contributed by atoms with Gasteiger partial charge in [0.1, 0.15) is 12.1 Å². The summed E-state index contributed by atoms with van der Waals surface area (Å²) in [4.78, 5) is 15.0. The van der Waals surface area contributed by atoms with E-state index < -0.39 is 0 Å². The van der Waals surface area contributed by atoms with Crippen LogP contribution in [0.25, 0.3) is 11.3 Å². The molecule has 42 heavy (non-hydrogen) atoms. The van der Waals surface area contributed by atoms with Crippen molar-refractivity contribution in [1.82, 2.24) is 29.4 Å². The quantitative estimate of drug-likeness (QED) is 0.181. The first-order valence-corrected chi connectivity index (χ1v) is 13.5. The number of para-hydroxylation sites is 1. The van der Waals surface area contributed by atoms with Crippen LogP contribution >= 0.6 is 0 Å². The number of aryl methyl sites for hydroxylation is 2. The van der Waals surface area contributed by atoms with Crippen LogP contribution in [0.15, 0.2) is 90.3 Å². The topological polar surface area (TPSA) is 101 Å². The molecule has 208 valence electrons. The molecule has 0 fully saturated rings. The van der Waals surface area contributed by atoms with Crippen LogP contribution in [0.1, 0.15) is 45.3 Å². The van der Waals surface area contributed by atoms with Gasteiger partial charge in [-0.3, -0.25) is 0 Å². The van der Waals surface area contributed by atoms with Crippen LogP contribution in [-0.2, 0) is 11.4 Å². The molecule has 6 aromatic rings. The Morgan fingerprint density at radius 1 is 0.929 bits per heavy atom. The first-order chi connectivity index (χ1) is 20.6. The highest BCUT2D eigenvalue weighted by atomic mass is 16.6. The molecule has 3 aromatic carbocycles. The highest BCUT2D eigenvalue weighted by Gasteiger charge is 2.38. The summed E-state index contributed by atoms with van der Waals surface area (Å²) in [5.74, 6) is 2.15. The van der Waals surface area contributed by atoms with Crippen LogP contribution in [0.4, 0.5) is 0 Å². The maximum Gasteiger partial charge on any atom is 0.230 e. The zero-order valence-corrected chi connectivity index (χ0v) is 23.3. The number of benzene rings is 3. The zero-order chi connectivity index (χ0) is 28.6. The van der Waals surface area contributed by atoms with E-state index in [1.807, 2.05) is 66.2 Å². The summed E-state index contributed by atoms with van der Waals surface area (Å²) in [5.41, 5.74) is 7.35. The summed E-state index contributed by atoms with van der Waals surface area (Å²) < 4.78 is 15.2. The van der Waals surface area contributed by atoms with Crippen LogP contribution in [0.2, 0.25) is 0 Å². The lowest BCUT2D eigenvalue weighted by atomic mass is 9.84. The van der Waals surface area contributed by atoms with E-state index in [0.29, 0.717) is 23.2 Å². The van der Waals surface area contributed by atoms with Gasteiger partial charge in [0.15, 0.2) is 18.1 Å². The van der Waals surface area contributed by atoms with E-state index in [0.717, 1.165) is 39.4 Å². The number of methoxy groups -OCH3 is 1. The van der Waals surface area contributed by atoms with Gasteiger partial charge in [0.05, 0.1) is 41.8 Å². The molecule has 0 spiro atoms. The van der Waals surface area contributed by atoms with Gasteiger partial charge >= 0.3 is 0 Å². The summed E-state index contributed by atoms with van der Waals surface area (Å²) in [6, 6.07) is 26.0. The number of aromatic nitrogens is 6. The standard InChI is InChI=1S/C32H27N7O3/c1-20-9-13-23(14-10-20)28-27-21(2)36-39(24-7-5-4-6-8-24)32(27)42-31-29(28)30-35-26(37-38(30)19-33-31)18-41-34-17-22-11-15-25(40-3)16-12-22/h4-17,19,28H,18H2,1-3H3/b34-17-/t28-/m0/s1. The SMILES string of the molecule is COc1ccc(/C=N\OCc2nc3c4c(ncn3n2)Oc2c(c(C)nn2-c2ccccc2)[C@@H]4c2ccc(C)cc2)cc1. The van der Waals surface area contributed by atoms with Crippen molar-refractivity contribution in [2.24, 2.45) is 5.16 Å². The lowest BCUT2D eigenvalue weighted by Gasteiger charge is -2.26. The average Bonchev–Trinajstić information content (AvgIpc) is 3.60. The van der Waals surface area contributed by atoms with Crippen molar-refractivity contribution in [1.29, 1.82) is 0 Å². The van der Waals surface area contributed by atoms with Gasteiger partial charge < -0.3 is 14.3 Å². The minimum absolute atomic E-state index is 0.0926. The molecule has 3 aromatic heterocycles. The number of oxime groups is 1. The lowest BCUT2D eigenvalue weighted by Crippen LogP contribution is -2.16. The Kier molecular flexibility index (Phi) is 6.35. The summed E-state index contributed by atoms with van der Waals surface area (Å²) >= 11 is 0. The molecular weight excluding hydrogens is 530 g/mol. The third-order valence-electron chi connectivity index (χ3n) is 7.26. The summed E-state index contributed by atoms with van der Waals surface area (Å²) in [7, 11) is 1.63. The summed E-state index contributed by atoms with van der Waals surface area (Å²) in [6.45, 7) is 4.17. The molecule has 0 saturated carbocycles. The normalized spacial score (nSPS) is 14.0. The van der Waals surface area contributed by atoms with Crippen LogP contribution in [0, 0.1) is 13.8 Å². The second kappa shape index (κ2) is 10.5. The molecule has 4 heterocycles. The highest BCUT2D eigenvalue weighted by Crippen LogP contribution is 2.49. The second-order valence-electron chi connectivity index (χ2n) is 10.0. The summed E-state index contributed by atoms with van der Waals surface area (Å²) in [5, 5.41) is 13.6. The fourth-order valence-corrected chi connectivity index (χ4v) is 5.20. The van der Waals surface area contributed by atoms with Gasteiger partial charge in [-0.15, -0.1) is 5.10 Å². The minimum atomic E-state index is -0.218. The van der Waals surface area contributed by atoms with Gasteiger partial charge in [-0.25, -0.2) is 19.2 Å². The number of fused-ring (bicyclic) bond motifs is 4. The number of rotatable bonds is 7. The van der Waals surface area contributed by atoms with Crippen LogP contribution in [0.5, 0.6) is 17.5 Å². The van der Waals surface area contributed by atoms with E-state index in [4.69, 9.17) is 24.4 Å². The second-order valence-corrected chi connectivity index (χ2v) is 10.0. The largest absolute Gasteiger partial charge is 0.497 e. The molecule has 0 N–H and O–H groups in total. The Bertz CT molecular complexity index is 1910. The van der Waals surface area contributed by atoms with E-state index in [1.165, 1.54) is 5.56 Å². The van der Waals surface area contributed by atoms with Crippen LogP contribution in [0.3, 0.4) is 0 Å². The Morgan fingerprint density at radius 3 is 2.48 bits per heavy atom. The first kappa shape index (κ1) is 25.5. The molecule has 7 rings (SSSR count). The number of ether oxygens (including phenoxy) is 2. The molecule has 1 aliphatic heterocycles. The van der Waals surface area contributed by atoms with E-state index in [2.05, 4.69) is 46.4 Å². The predicted octanol–water partition coefficient (Wildman–Crippen LogP) is 5.77. The first-order valence-electron chi connectivity index (χ1n) is 13.5. The number of nitrogens with zero attached hydrogens (tertiary/aromatic N) is 7. The molecule has 0 unspecified atom stereocenters. The molecule has 10 heteroatoms. The van der Waals surface area contributed by atoms with Gasteiger partial charge in [-0.1, -0.05) is 53.2 Å². The smallest absolute Gasteiger partial charge is 0.230 e. The van der Waals surface area contributed by atoms with E-state index in [-0.39, 0.29) is 12.5 Å². The molecule has 10 nitrogen and oxygen atoms in total. The van der Waals surface area contributed by atoms with Crippen molar-refractivity contribution in [3.8, 4) is 23.2 Å². The molecule has 1 aliphatic rings. The molecule has 1 atom stereocenters. The van der Waals surface area contributed by atoms with Gasteiger partial charge in [0.25, 0.3) is 0 Å². The number of hydrogen-bond donors (Lipinski definition) is 0. The molecule has 0 amide bonds. The third kappa shape index (κ3) is 4.52. The molecule has 0 saturated heterocycles. The lowest BCUT2D eigenvalue weighted by molar-refractivity contribution is 0.126. The van der Waals surface area contributed by atoms with Crippen molar-refractivity contribution in [2.75, 3.05) is 7.11 Å². The number of hydrogen-bond acceptors (Lipinski definition) is 8. The Labute approximate surface area is 241 Å². The van der Waals surface area contributed by atoms with E-state index >= 15 is 0 Å². The highest BCUT2D eigenvalue weighted by molar-refractivity contribution is 5.79. The van der Waals surface area contributed by atoms with Gasteiger partial charge in [-0.05, 0) is 61.4 Å². The maximum absolute atomic E-state index is 6.49. The molecular formula is C32H27N7O3. The Morgan fingerprint density at radius 2 is 1.71 bits per heavy atom.